The van der Waals surface area contributed by atoms with Crippen LogP contribution in [0.2, 0.25) is 0 Å². The van der Waals surface area contributed by atoms with Gasteiger partial charge >= 0.3 is 0 Å². The molecule has 1 N–H and O–H groups in total. The molecule has 0 bridgehead atoms. The lowest BCUT2D eigenvalue weighted by atomic mass is 10.1. The first-order chi connectivity index (χ1) is 11.6. The molecular formula is C19H16FN3O. The Hall–Kier alpha value is -3.08. The number of rotatable bonds is 4. The van der Waals surface area contributed by atoms with Gasteiger partial charge in [-0.25, -0.2) is 4.39 Å². The molecule has 2 aromatic heterocycles. The Bertz CT molecular complexity index is 817. The molecule has 3 rings (SSSR count). The molecule has 0 fully saturated rings. The first-order valence-corrected chi connectivity index (χ1v) is 7.56. The van der Waals surface area contributed by atoms with Crippen LogP contribution in [0.25, 0.3) is 11.3 Å². The molecule has 1 aromatic carbocycles. The lowest BCUT2D eigenvalue weighted by Crippen LogP contribution is -2.26. The van der Waals surface area contributed by atoms with Crippen molar-refractivity contribution >= 4 is 5.91 Å². The average molecular weight is 321 g/mol. The van der Waals surface area contributed by atoms with Gasteiger partial charge in [-0.15, -0.1) is 0 Å². The first kappa shape index (κ1) is 15.8. The third kappa shape index (κ3) is 3.63. The molecule has 0 aliphatic heterocycles. The minimum Gasteiger partial charge on any atom is -0.345 e. The summed E-state index contributed by atoms with van der Waals surface area (Å²) in [4.78, 5) is 20.7. The molecule has 0 spiro atoms. The van der Waals surface area contributed by atoms with Crippen molar-refractivity contribution in [1.29, 1.82) is 0 Å². The van der Waals surface area contributed by atoms with Crippen LogP contribution in [0.1, 0.15) is 28.9 Å². The van der Waals surface area contributed by atoms with Crippen molar-refractivity contribution < 1.29 is 9.18 Å². The topological polar surface area (TPSA) is 54.9 Å². The number of hydrogen-bond acceptors (Lipinski definition) is 3. The standard InChI is InChI=1S/C19H16FN3O/c1-13(14-4-7-17(20)8-5-14)23-19(24)16-6-9-18(22-12-16)15-3-2-10-21-11-15/h2-13H,1H3,(H,23,24)/t13-/m0/s1. The number of halogens is 1. The van der Waals surface area contributed by atoms with E-state index in [1.165, 1.54) is 18.3 Å². The maximum absolute atomic E-state index is 13.0. The molecule has 4 nitrogen and oxygen atoms in total. The quantitative estimate of drug-likeness (QED) is 0.796. The predicted molar refractivity (Wildman–Crippen MR) is 89.7 cm³/mol. The molecular weight excluding hydrogens is 305 g/mol. The fourth-order valence-corrected chi connectivity index (χ4v) is 2.33. The van der Waals surface area contributed by atoms with Gasteiger partial charge in [0.05, 0.1) is 17.3 Å². The Labute approximate surface area is 139 Å². The van der Waals surface area contributed by atoms with E-state index in [1.807, 2.05) is 19.1 Å². The van der Waals surface area contributed by atoms with E-state index in [1.54, 1.807) is 36.7 Å². The summed E-state index contributed by atoms with van der Waals surface area (Å²) in [5, 5.41) is 2.88. The number of aromatic nitrogens is 2. The van der Waals surface area contributed by atoms with Crippen molar-refractivity contribution in [2.45, 2.75) is 13.0 Å². The van der Waals surface area contributed by atoms with Crippen LogP contribution in [0.4, 0.5) is 4.39 Å². The van der Waals surface area contributed by atoms with E-state index in [0.29, 0.717) is 5.56 Å². The Balaban J connectivity index is 1.70. The Morgan fingerprint density at radius 3 is 2.50 bits per heavy atom. The number of nitrogens with one attached hydrogen (secondary N) is 1. The lowest BCUT2D eigenvalue weighted by molar-refractivity contribution is 0.0939. The van der Waals surface area contributed by atoms with Crippen LogP contribution in [0.5, 0.6) is 0 Å². The maximum Gasteiger partial charge on any atom is 0.253 e. The number of nitrogens with zero attached hydrogens (tertiary/aromatic N) is 2. The van der Waals surface area contributed by atoms with E-state index in [0.717, 1.165) is 16.8 Å². The largest absolute Gasteiger partial charge is 0.345 e. The number of carbonyl (C=O) groups excluding carboxylic acids is 1. The van der Waals surface area contributed by atoms with Crippen molar-refractivity contribution in [3.05, 3.63) is 84.1 Å². The van der Waals surface area contributed by atoms with Gasteiger partial charge in [0.2, 0.25) is 0 Å². The first-order valence-electron chi connectivity index (χ1n) is 7.56. The third-order valence-corrected chi connectivity index (χ3v) is 3.70. The molecule has 24 heavy (non-hydrogen) atoms. The molecule has 0 aliphatic carbocycles. The highest BCUT2D eigenvalue weighted by molar-refractivity contribution is 5.94. The molecule has 0 radical (unpaired) electrons. The molecule has 2 heterocycles. The van der Waals surface area contributed by atoms with Gasteiger partial charge in [0, 0.05) is 24.2 Å². The average Bonchev–Trinajstić information content (AvgIpc) is 2.63. The van der Waals surface area contributed by atoms with E-state index in [4.69, 9.17) is 0 Å². The summed E-state index contributed by atoms with van der Waals surface area (Å²) in [6, 6.07) is 13.1. The number of pyridine rings is 2. The van der Waals surface area contributed by atoms with Gasteiger partial charge in [0.15, 0.2) is 0 Å². The summed E-state index contributed by atoms with van der Waals surface area (Å²) < 4.78 is 13.0. The summed E-state index contributed by atoms with van der Waals surface area (Å²) in [6.45, 7) is 1.85. The normalized spacial score (nSPS) is 11.8. The maximum atomic E-state index is 13.0. The van der Waals surface area contributed by atoms with Crippen LogP contribution >= 0.6 is 0 Å². The molecule has 120 valence electrons. The Morgan fingerprint density at radius 1 is 1.08 bits per heavy atom. The van der Waals surface area contributed by atoms with Crippen molar-refractivity contribution in [3.8, 4) is 11.3 Å². The zero-order chi connectivity index (χ0) is 16.9. The predicted octanol–water partition coefficient (Wildman–Crippen LogP) is 3.77. The van der Waals surface area contributed by atoms with Gasteiger partial charge in [0.1, 0.15) is 5.82 Å². The van der Waals surface area contributed by atoms with Crippen molar-refractivity contribution in [2.24, 2.45) is 0 Å². The van der Waals surface area contributed by atoms with E-state index in [2.05, 4.69) is 15.3 Å². The molecule has 0 unspecified atom stereocenters. The second kappa shape index (κ2) is 7.00. The Morgan fingerprint density at radius 2 is 1.88 bits per heavy atom. The SMILES string of the molecule is C[C@H](NC(=O)c1ccc(-c2cccnc2)nc1)c1ccc(F)cc1. The van der Waals surface area contributed by atoms with Crippen LogP contribution in [-0.4, -0.2) is 15.9 Å². The van der Waals surface area contributed by atoms with Crippen molar-refractivity contribution in [2.75, 3.05) is 0 Å². The van der Waals surface area contributed by atoms with Gasteiger partial charge in [-0.2, -0.15) is 0 Å². The van der Waals surface area contributed by atoms with Gasteiger partial charge in [-0.1, -0.05) is 12.1 Å². The number of hydrogen-bond donors (Lipinski definition) is 1. The van der Waals surface area contributed by atoms with Gasteiger partial charge < -0.3 is 5.32 Å². The summed E-state index contributed by atoms with van der Waals surface area (Å²) >= 11 is 0. The smallest absolute Gasteiger partial charge is 0.253 e. The highest BCUT2D eigenvalue weighted by Gasteiger charge is 2.12. The lowest BCUT2D eigenvalue weighted by Gasteiger charge is -2.14. The summed E-state index contributed by atoms with van der Waals surface area (Å²) in [5.41, 5.74) is 2.96. The highest BCUT2D eigenvalue weighted by Crippen LogP contribution is 2.17. The minimum atomic E-state index is -0.299. The minimum absolute atomic E-state index is 0.225. The van der Waals surface area contributed by atoms with Crippen LogP contribution < -0.4 is 5.32 Å². The molecule has 0 aliphatic rings. The van der Waals surface area contributed by atoms with Gasteiger partial charge in [0.25, 0.3) is 5.91 Å². The second-order valence-corrected chi connectivity index (χ2v) is 5.42. The molecule has 0 saturated carbocycles. The molecule has 3 aromatic rings. The van der Waals surface area contributed by atoms with E-state index < -0.39 is 0 Å². The number of benzene rings is 1. The van der Waals surface area contributed by atoms with E-state index in [-0.39, 0.29) is 17.8 Å². The van der Waals surface area contributed by atoms with E-state index in [9.17, 15) is 9.18 Å². The number of carbonyl (C=O) groups is 1. The fourth-order valence-electron chi connectivity index (χ4n) is 2.33. The molecule has 1 atom stereocenters. The third-order valence-electron chi connectivity index (χ3n) is 3.70. The molecule has 5 heteroatoms. The van der Waals surface area contributed by atoms with Crippen LogP contribution in [0.3, 0.4) is 0 Å². The summed E-state index contributed by atoms with van der Waals surface area (Å²) in [6.07, 6.45) is 4.95. The van der Waals surface area contributed by atoms with Crippen LogP contribution in [0.15, 0.2) is 67.1 Å². The summed E-state index contributed by atoms with van der Waals surface area (Å²) in [5.74, 6) is -0.524. The monoisotopic (exact) mass is 321 g/mol. The van der Waals surface area contributed by atoms with Crippen molar-refractivity contribution in [3.63, 3.8) is 0 Å². The highest BCUT2D eigenvalue weighted by atomic mass is 19.1. The second-order valence-electron chi connectivity index (χ2n) is 5.42. The van der Waals surface area contributed by atoms with Gasteiger partial charge in [-0.3, -0.25) is 14.8 Å². The Kier molecular flexibility index (Phi) is 4.61. The molecule has 1 amide bonds. The summed E-state index contributed by atoms with van der Waals surface area (Å²) in [7, 11) is 0. The van der Waals surface area contributed by atoms with Crippen molar-refractivity contribution in [1.82, 2.24) is 15.3 Å². The zero-order valence-electron chi connectivity index (χ0n) is 13.1. The fraction of sp³-hybridized carbons (Fsp3) is 0.105. The number of amides is 1. The van der Waals surface area contributed by atoms with Crippen LogP contribution in [0, 0.1) is 5.82 Å². The van der Waals surface area contributed by atoms with E-state index >= 15 is 0 Å². The zero-order valence-corrected chi connectivity index (χ0v) is 13.1. The van der Waals surface area contributed by atoms with Crippen LogP contribution in [-0.2, 0) is 0 Å². The molecule has 0 saturated heterocycles. The van der Waals surface area contributed by atoms with Gasteiger partial charge in [-0.05, 0) is 48.9 Å².